The normalized spacial score (nSPS) is 12.1. The van der Waals surface area contributed by atoms with E-state index in [4.69, 9.17) is 5.73 Å². The van der Waals surface area contributed by atoms with Crippen molar-refractivity contribution in [2.45, 2.75) is 32.2 Å². The van der Waals surface area contributed by atoms with Crippen LogP contribution in [-0.4, -0.2) is 16.9 Å². The Morgan fingerprint density at radius 1 is 1.67 bits per heavy atom. The molecule has 0 fully saturated rings. The fourth-order valence-corrected chi connectivity index (χ4v) is 1.23. The molecule has 1 aromatic heterocycles. The van der Waals surface area contributed by atoms with Gasteiger partial charge in [-0.1, -0.05) is 19.8 Å². The molecule has 4 nitrogen and oxygen atoms in total. The number of nitrogens with two attached hydrogens (primary N) is 1. The van der Waals surface area contributed by atoms with Crippen molar-refractivity contribution in [3.05, 3.63) is 24.5 Å². The molecule has 0 aliphatic heterocycles. The lowest BCUT2D eigenvalue weighted by atomic mass is 10.1. The summed E-state index contributed by atoms with van der Waals surface area (Å²) in [7, 11) is 0. The van der Waals surface area contributed by atoms with Crippen LogP contribution in [0, 0.1) is 0 Å². The summed E-state index contributed by atoms with van der Waals surface area (Å²) in [5, 5.41) is 2.72. The highest BCUT2D eigenvalue weighted by molar-refractivity contribution is 5.94. The summed E-state index contributed by atoms with van der Waals surface area (Å²) in [6.07, 6.45) is 6.01. The number of nitrogens with zero attached hydrogens (tertiary/aromatic N) is 1. The molecular weight excluding hydrogens is 190 g/mol. The molecule has 3 N–H and O–H groups in total. The van der Waals surface area contributed by atoms with Crippen molar-refractivity contribution in [2.24, 2.45) is 5.73 Å². The average molecular weight is 207 g/mol. The van der Waals surface area contributed by atoms with Crippen LogP contribution in [-0.2, 0) is 4.79 Å². The molecule has 1 aromatic rings. The fourth-order valence-electron chi connectivity index (χ4n) is 1.23. The Morgan fingerprint density at radius 3 is 3.07 bits per heavy atom. The van der Waals surface area contributed by atoms with E-state index < -0.39 is 6.04 Å². The van der Waals surface area contributed by atoms with E-state index in [0.717, 1.165) is 19.3 Å². The number of nitrogens with one attached hydrogen (secondary N) is 1. The maximum absolute atomic E-state index is 11.6. The van der Waals surface area contributed by atoms with Gasteiger partial charge in [-0.3, -0.25) is 9.78 Å². The van der Waals surface area contributed by atoms with Crippen LogP contribution in [0.25, 0.3) is 0 Å². The number of rotatable bonds is 5. The summed E-state index contributed by atoms with van der Waals surface area (Å²) in [6, 6.07) is 3.13. The second kappa shape index (κ2) is 6.14. The molecule has 1 amide bonds. The van der Waals surface area contributed by atoms with Gasteiger partial charge in [0.15, 0.2) is 0 Å². The van der Waals surface area contributed by atoms with Crippen molar-refractivity contribution in [1.82, 2.24) is 4.98 Å². The lowest BCUT2D eigenvalue weighted by molar-refractivity contribution is -0.117. The quantitative estimate of drug-likeness (QED) is 0.769. The first kappa shape index (κ1) is 11.7. The van der Waals surface area contributed by atoms with Crippen LogP contribution < -0.4 is 11.1 Å². The number of carbonyl (C=O) groups is 1. The lowest BCUT2D eigenvalue weighted by Gasteiger charge is -2.11. The molecule has 0 unspecified atom stereocenters. The highest BCUT2D eigenvalue weighted by Crippen LogP contribution is 2.05. The fraction of sp³-hybridized carbons (Fsp3) is 0.455. The van der Waals surface area contributed by atoms with E-state index in [0.29, 0.717) is 5.69 Å². The minimum atomic E-state index is -0.426. The largest absolute Gasteiger partial charge is 0.323 e. The minimum Gasteiger partial charge on any atom is -0.323 e. The third-order valence-electron chi connectivity index (χ3n) is 2.13. The van der Waals surface area contributed by atoms with Crippen molar-refractivity contribution in [2.75, 3.05) is 5.32 Å². The van der Waals surface area contributed by atoms with E-state index in [-0.39, 0.29) is 5.91 Å². The predicted molar refractivity (Wildman–Crippen MR) is 60.4 cm³/mol. The van der Waals surface area contributed by atoms with Gasteiger partial charge in [-0.15, -0.1) is 0 Å². The first-order valence-electron chi connectivity index (χ1n) is 5.20. The van der Waals surface area contributed by atoms with Crippen molar-refractivity contribution in [3.8, 4) is 0 Å². The number of amides is 1. The summed E-state index contributed by atoms with van der Waals surface area (Å²) < 4.78 is 0. The Morgan fingerprint density at radius 2 is 2.47 bits per heavy atom. The average Bonchev–Trinajstić information content (AvgIpc) is 2.27. The van der Waals surface area contributed by atoms with Crippen LogP contribution in [0.4, 0.5) is 5.69 Å². The van der Waals surface area contributed by atoms with Crippen molar-refractivity contribution in [3.63, 3.8) is 0 Å². The van der Waals surface area contributed by atoms with Gasteiger partial charge in [-0.05, 0) is 18.6 Å². The summed E-state index contributed by atoms with van der Waals surface area (Å²) in [6.45, 7) is 2.08. The van der Waals surface area contributed by atoms with Crippen molar-refractivity contribution in [1.29, 1.82) is 0 Å². The zero-order valence-corrected chi connectivity index (χ0v) is 8.94. The highest BCUT2D eigenvalue weighted by Gasteiger charge is 2.12. The number of aromatic nitrogens is 1. The second-order valence-electron chi connectivity index (χ2n) is 3.48. The van der Waals surface area contributed by atoms with Gasteiger partial charge in [0.2, 0.25) is 5.91 Å². The van der Waals surface area contributed by atoms with Gasteiger partial charge in [0.1, 0.15) is 0 Å². The minimum absolute atomic E-state index is 0.142. The molecule has 1 rings (SSSR count). The maximum atomic E-state index is 11.6. The number of anilines is 1. The van der Waals surface area contributed by atoms with Crippen LogP contribution in [0.15, 0.2) is 24.5 Å². The number of hydrogen-bond acceptors (Lipinski definition) is 3. The monoisotopic (exact) mass is 207 g/mol. The van der Waals surface area contributed by atoms with Crippen LogP contribution in [0.2, 0.25) is 0 Å². The molecular formula is C11H17N3O. The molecule has 0 aliphatic rings. The van der Waals surface area contributed by atoms with Gasteiger partial charge in [0, 0.05) is 6.20 Å². The highest BCUT2D eigenvalue weighted by atomic mass is 16.2. The van der Waals surface area contributed by atoms with Gasteiger partial charge >= 0.3 is 0 Å². The molecule has 4 heteroatoms. The maximum Gasteiger partial charge on any atom is 0.241 e. The van der Waals surface area contributed by atoms with E-state index in [1.165, 1.54) is 0 Å². The van der Waals surface area contributed by atoms with Crippen molar-refractivity contribution < 1.29 is 4.79 Å². The van der Waals surface area contributed by atoms with Gasteiger partial charge in [0.25, 0.3) is 0 Å². The van der Waals surface area contributed by atoms with E-state index in [9.17, 15) is 4.79 Å². The Bertz CT molecular complexity index is 300. The first-order chi connectivity index (χ1) is 7.24. The summed E-state index contributed by atoms with van der Waals surface area (Å²) in [4.78, 5) is 15.5. The molecule has 82 valence electrons. The molecule has 0 aromatic carbocycles. The smallest absolute Gasteiger partial charge is 0.241 e. The van der Waals surface area contributed by atoms with Gasteiger partial charge < -0.3 is 11.1 Å². The van der Waals surface area contributed by atoms with E-state index in [1.807, 2.05) is 0 Å². The van der Waals surface area contributed by atoms with E-state index >= 15 is 0 Å². The van der Waals surface area contributed by atoms with Gasteiger partial charge in [-0.2, -0.15) is 0 Å². The van der Waals surface area contributed by atoms with Crippen molar-refractivity contribution >= 4 is 11.6 Å². The third-order valence-corrected chi connectivity index (χ3v) is 2.13. The number of hydrogen-bond donors (Lipinski definition) is 2. The molecule has 0 bridgehead atoms. The Balaban J connectivity index is 2.42. The standard InChI is InChI=1S/C11H17N3O/c1-2-3-6-10(12)11(15)14-9-5-4-7-13-8-9/h4-5,7-8,10H,2-3,6,12H2,1H3,(H,14,15)/t10-/m0/s1. The lowest BCUT2D eigenvalue weighted by Crippen LogP contribution is -2.35. The molecule has 0 saturated heterocycles. The molecule has 1 atom stereocenters. The number of carbonyl (C=O) groups excluding carboxylic acids is 1. The Labute approximate surface area is 89.9 Å². The Hall–Kier alpha value is -1.42. The van der Waals surface area contributed by atoms with E-state index in [1.54, 1.807) is 24.5 Å². The third kappa shape index (κ3) is 4.08. The Kier molecular flexibility index (Phi) is 4.77. The molecule has 0 spiro atoms. The second-order valence-corrected chi connectivity index (χ2v) is 3.48. The van der Waals surface area contributed by atoms with Crippen LogP contribution >= 0.6 is 0 Å². The predicted octanol–water partition coefficient (Wildman–Crippen LogP) is 1.54. The molecule has 1 heterocycles. The van der Waals surface area contributed by atoms with E-state index in [2.05, 4.69) is 17.2 Å². The first-order valence-corrected chi connectivity index (χ1v) is 5.20. The molecule has 15 heavy (non-hydrogen) atoms. The van der Waals surface area contributed by atoms with Gasteiger partial charge in [0.05, 0.1) is 17.9 Å². The topological polar surface area (TPSA) is 68.0 Å². The van der Waals surface area contributed by atoms with Crippen LogP contribution in [0.1, 0.15) is 26.2 Å². The summed E-state index contributed by atoms with van der Waals surface area (Å²) >= 11 is 0. The summed E-state index contributed by atoms with van der Waals surface area (Å²) in [5.74, 6) is -0.142. The molecule has 0 saturated carbocycles. The number of unbranched alkanes of at least 4 members (excludes halogenated alkanes) is 1. The summed E-state index contributed by atoms with van der Waals surface area (Å²) in [5.41, 5.74) is 6.41. The molecule has 0 radical (unpaired) electrons. The SMILES string of the molecule is CCCC[C@H](N)C(=O)Nc1cccnc1. The zero-order chi connectivity index (χ0) is 11.1. The van der Waals surface area contributed by atoms with Gasteiger partial charge in [-0.25, -0.2) is 0 Å². The van der Waals surface area contributed by atoms with Crippen LogP contribution in [0.3, 0.4) is 0 Å². The zero-order valence-electron chi connectivity index (χ0n) is 8.94. The van der Waals surface area contributed by atoms with Crippen LogP contribution in [0.5, 0.6) is 0 Å². The number of pyridine rings is 1. The molecule has 0 aliphatic carbocycles.